The summed E-state index contributed by atoms with van der Waals surface area (Å²) in [7, 11) is 0. The van der Waals surface area contributed by atoms with Crippen LogP contribution in [0.3, 0.4) is 0 Å². The highest BCUT2D eigenvalue weighted by Gasteiger charge is 2.48. The van der Waals surface area contributed by atoms with E-state index in [9.17, 15) is 39.9 Å². The maximum atomic E-state index is 12.7. The molecule has 0 bridgehead atoms. The Bertz CT molecular complexity index is 1320. The molecule has 0 aliphatic carbocycles. The molecule has 0 amide bonds. The Morgan fingerprint density at radius 1 is 0.725 bits per heavy atom. The second kappa shape index (κ2) is 12.5. The number of esters is 2. The number of aliphatic hydroxyl groups is 2. The first kappa shape index (κ1) is 28.4. The minimum atomic E-state index is -1.75. The fourth-order valence-electron chi connectivity index (χ4n) is 3.82. The number of hydrogen-bond donors (Lipinski definition) is 5. The molecule has 1 fully saturated rings. The summed E-state index contributed by atoms with van der Waals surface area (Å²) in [6.45, 7) is -0.575. The van der Waals surface area contributed by atoms with E-state index in [2.05, 4.69) is 0 Å². The van der Waals surface area contributed by atoms with Gasteiger partial charge in [-0.25, -0.2) is 4.79 Å². The van der Waals surface area contributed by atoms with Crippen molar-refractivity contribution in [1.29, 1.82) is 0 Å². The zero-order chi connectivity index (χ0) is 28.8. The van der Waals surface area contributed by atoms with Crippen LogP contribution in [0.25, 0.3) is 0 Å². The van der Waals surface area contributed by atoms with Crippen LogP contribution in [0, 0.1) is 0 Å². The number of carbonyl (C=O) groups is 3. The molecule has 0 aromatic heterocycles. The van der Waals surface area contributed by atoms with Crippen molar-refractivity contribution in [2.75, 3.05) is 6.61 Å². The van der Waals surface area contributed by atoms with E-state index >= 15 is 0 Å². The average molecular weight is 555 g/mol. The fraction of sp³-hybridized carbons (Fsp3) is 0.250. The molecule has 5 N–H and O–H groups in total. The molecule has 0 unspecified atom stereocenters. The van der Waals surface area contributed by atoms with Crippen LogP contribution < -0.4 is 4.74 Å². The van der Waals surface area contributed by atoms with Gasteiger partial charge in [0.25, 0.3) is 0 Å². The van der Waals surface area contributed by atoms with Crippen LogP contribution in [-0.4, -0.2) is 80.6 Å². The maximum absolute atomic E-state index is 12.7. The van der Waals surface area contributed by atoms with E-state index in [-0.39, 0.29) is 34.1 Å². The van der Waals surface area contributed by atoms with E-state index in [4.69, 9.17) is 18.9 Å². The first-order valence-electron chi connectivity index (χ1n) is 12.1. The third-order valence-corrected chi connectivity index (χ3v) is 5.98. The zero-order valence-electron chi connectivity index (χ0n) is 20.8. The standard InChI is InChI=1S/C28H26O12/c29-17-5-1-15(2-6-17)21(32)13-23(33)37-14-22-24(34)25(35)26(40-27(36)16-3-7-18(30)8-4-16)28(39-22)38-20-11-9-19(31)10-12-20/h1-12,22,24-26,28-31,34-35H,13-14H2/t22-,24-,25+,26-,28-/m1/s1. The Kier molecular flexibility index (Phi) is 8.84. The molecular formula is C28H26O12. The molecule has 210 valence electrons. The lowest BCUT2D eigenvalue weighted by Crippen LogP contribution is -2.61. The molecule has 40 heavy (non-hydrogen) atoms. The van der Waals surface area contributed by atoms with E-state index in [1.807, 2.05) is 0 Å². The molecular weight excluding hydrogens is 528 g/mol. The van der Waals surface area contributed by atoms with Crippen molar-refractivity contribution in [2.24, 2.45) is 0 Å². The van der Waals surface area contributed by atoms with Crippen molar-refractivity contribution >= 4 is 17.7 Å². The van der Waals surface area contributed by atoms with Gasteiger partial charge >= 0.3 is 11.9 Å². The molecule has 1 aliphatic rings. The molecule has 1 heterocycles. The number of hydrogen-bond acceptors (Lipinski definition) is 12. The molecule has 0 radical (unpaired) electrons. The Balaban J connectivity index is 1.44. The van der Waals surface area contributed by atoms with Crippen LogP contribution >= 0.6 is 0 Å². The molecule has 3 aromatic rings. The minimum absolute atomic E-state index is 0.0391. The summed E-state index contributed by atoms with van der Waals surface area (Å²) in [6.07, 6.45) is -8.46. The number of phenols is 3. The highest BCUT2D eigenvalue weighted by atomic mass is 16.7. The highest BCUT2D eigenvalue weighted by molar-refractivity contribution is 6.06. The van der Waals surface area contributed by atoms with Gasteiger partial charge in [-0.15, -0.1) is 0 Å². The van der Waals surface area contributed by atoms with Gasteiger partial charge in [-0.3, -0.25) is 9.59 Å². The number of rotatable bonds is 9. The Morgan fingerprint density at radius 3 is 1.82 bits per heavy atom. The second-order valence-electron chi connectivity index (χ2n) is 8.88. The average Bonchev–Trinajstić information content (AvgIpc) is 2.93. The van der Waals surface area contributed by atoms with E-state index in [0.29, 0.717) is 0 Å². The monoisotopic (exact) mass is 554 g/mol. The van der Waals surface area contributed by atoms with Gasteiger partial charge in [0.1, 0.15) is 54.3 Å². The van der Waals surface area contributed by atoms with Crippen molar-refractivity contribution in [1.82, 2.24) is 0 Å². The number of ether oxygens (including phenoxy) is 4. The van der Waals surface area contributed by atoms with Crippen LogP contribution in [0.4, 0.5) is 0 Å². The molecule has 0 saturated carbocycles. The summed E-state index contributed by atoms with van der Waals surface area (Å²) in [5.74, 6) is -2.41. The number of aromatic hydroxyl groups is 3. The van der Waals surface area contributed by atoms with Gasteiger partial charge in [-0.2, -0.15) is 0 Å². The summed E-state index contributed by atoms with van der Waals surface area (Å²) in [5.41, 5.74) is 0.219. The predicted octanol–water partition coefficient (Wildman–Crippen LogP) is 1.67. The second-order valence-corrected chi connectivity index (χ2v) is 8.88. The van der Waals surface area contributed by atoms with E-state index in [0.717, 1.165) is 0 Å². The summed E-state index contributed by atoms with van der Waals surface area (Å²) < 4.78 is 21.9. The molecule has 1 saturated heterocycles. The number of benzene rings is 3. The lowest BCUT2D eigenvalue weighted by atomic mass is 9.99. The molecule has 3 aromatic carbocycles. The number of carbonyl (C=O) groups excluding carboxylic acids is 3. The van der Waals surface area contributed by atoms with Gasteiger partial charge in [0, 0.05) is 5.56 Å². The largest absolute Gasteiger partial charge is 0.508 e. The molecule has 1 aliphatic heterocycles. The smallest absolute Gasteiger partial charge is 0.338 e. The van der Waals surface area contributed by atoms with E-state index < -0.39 is 61.5 Å². The van der Waals surface area contributed by atoms with Crippen LogP contribution in [-0.2, 0) is 19.0 Å². The Hall–Kier alpha value is -4.65. The number of Topliss-reactive ketones (excluding diaryl/α,β-unsaturated/α-hetero) is 1. The minimum Gasteiger partial charge on any atom is -0.508 e. The summed E-state index contributed by atoms with van der Waals surface area (Å²) >= 11 is 0. The van der Waals surface area contributed by atoms with Crippen LogP contribution in [0.5, 0.6) is 23.0 Å². The van der Waals surface area contributed by atoms with Gasteiger partial charge in [0.2, 0.25) is 6.29 Å². The quantitative estimate of drug-likeness (QED) is 0.146. The van der Waals surface area contributed by atoms with E-state index in [1.54, 1.807) is 0 Å². The van der Waals surface area contributed by atoms with Crippen molar-refractivity contribution in [2.45, 2.75) is 37.1 Å². The summed E-state index contributed by atoms with van der Waals surface area (Å²) in [6, 6.07) is 15.8. The lowest BCUT2D eigenvalue weighted by molar-refractivity contribution is -0.277. The molecule has 5 atom stereocenters. The SMILES string of the molecule is O=C(CC(=O)c1ccc(O)cc1)OC[C@H]1O[C@@H](Oc2ccc(O)cc2)[C@H](OC(=O)c2ccc(O)cc2)[C@@H](O)[C@@H]1O. The fourth-order valence-corrected chi connectivity index (χ4v) is 3.82. The third-order valence-electron chi connectivity index (χ3n) is 5.98. The van der Waals surface area contributed by atoms with Gasteiger partial charge in [-0.05, 0) is 72.8 Å². The third kappa shape index (κ3) is 7.05. The number of ketones is 1. The maximum Gasteiger partial charge on any atom is 0.338 e. The number of phenolic OH excluding ortho intramolecular Hbond substituents is 3. The molecule has 0 spiro atoms. The van der Waals surface area contributed by atoms with Crippen molar-refractivity contribution in [3.63, 3.8) is 0 Å². The van der Waals surface area contributed by atoms with E-state index in [1.165, 1.54) is 72.8 Å². The molecule has 12 nitrogen and oxygen atoms in total. The number of aliphatic hydroxyl groups excluding tert-OH is 2. The van der Waals surface area contributed by atoms with Crippen LogP contribution in [0.15, 0.2) is 72.8 Å². The Morgan fingerprint density at radius 2 is 1.25 bits per heavy atom. The Labute approximate surface area is 227 Å². The van der Waals surface area contributed by atoms with Crippen molar-refractivity contribution in [3.8, 4) is 23.0 Å². The van der Waals surface area contributed by atoms with Crippen LogP contribution in [0.2, 0.25) is 0 Å². The van der Waals surface area contributed by atoms with Gasteiger partial charge in [-0.1, -0.05) is 0 Å². The van der Waals surface area contributed by atoms with Gasteiger partial charge < -0.3 is 44.5 Å². The predicted molar refractivity (Wildman–Crippen MR) is 135 cm³/mol. The normalized spacial score (nSPS) is 22.2. The lowest BCUT2D eigenvalue weighted by Gasteiger charge is -2.41. The molecule has 12 heteroatoms. The highest BCUT2D eigenvalue weighted by Crippen LogP contribution is 2.28. The van der Waals surface area contributed by atoms with Crippen molar-refractivity contribution in [3.05, 3.63) is 83.9 Å². The van der Waals surface area contributed by atoms with Gasteiger partial charge in [0.05, 0.1) is 5.56 Å². The van der Waals surface area contributed by atoms with Gasteiger partial charge in [0.15, 0.2) is 11.9 Å². The molecule has 4 rings (SSSR count). The first-order valence-corrected chi connectivity index (χ1v) is 12.1. The first-order chi connectivity index (χ1) is 19.1. The topological polar surface area (TPSA) is 189 Å². The summed E-state index contributed by atoms with van der Waals surface area (Å²) in [4.78, 5) is 37.3. The van der Waals surface area contributed by atoms with Crippen LogP contribution in [0.1, 0.15) is 27.1 Å². The van der Waals surface area contributed by atoms with Crippen molar-refractivity contribution < 1.29 is 58.9 Å². The summed E-state index contributed by atoms with van der Waals surface area (Å²) in [5, 5.41) is 49.8. The zero-order valence-corrected chi connectivity index (χ0v) is 20.8.